The first kappa shape index (κ1) is 16.7. The Hall–Kier alpha value is -2.77. The average molecular weight is 370 g/mol. The Morgan fingerprint density at radius 1 is 1.12 bits per heavy atom. The summed E-state index contributed by atoms with van der Waals surface area (Å²) in [5, 5.41) is 4.95. The van der Waals surface area contributed by atoms with E-state index in [0.29, 0.717) is 30.3 Å². The molecule has 6 nitrogen and oxygen atoms in total. The number of carbonyl (C=O) groups is 1. The summed E-state index contributed by atoms with van der Waals surface area (Å²) in [6.07, 6.45) is 1.64. The number of carbonyl (C=O) groups excluding carboxylic acids is 1. The van der Waals surface area contributed by atoms with Crippen LogP contribution in [0.1, 0.15) is 10.6 Å². The topological polar surface area (TPSA) is 63.9 Å². The van der Waals surface area contributed by atoms with Gasteiger partial charge in [-0.3, -0.25) is 9.69 Å². The molecule has 0 saturated heterocycles. The number of anilines is 1. The number of fused-ring (bicyclic) bond motifs is 1. The van der Waals surface area contributed by atoms with Crippen molar-refractivity contribution in [2.75, 3.05) is 18.7 Å². The molecule has 3 heterocycles. The van der Waals surface area contributed by atoms with Gasteiger partial charge in [-0.05, 0) is 35.7 Å². The van der Waals surface area contributed by atoms with Crippen LogP contribution in [0.5, 0.6) is 11.5 Å². The van der Waals surface area contributed by atoms with Crippen LogP contribution in [0, 0.1) is 0 Å². The molecule has 1 aliphatic heterocycles. The first-order valence-electron chi connectivity index (χ1n) is 8.23. The quantitative estimate of drug-likeness (QED) is 0.687. The number of amides is 1. The lowest BCUT2D eigenvalue weighted by molar-refractivity contribution is -0.117. The molecule has 7 heteroatoms. The zero-order chi connectivity index (χ0) is 17.8. The fraction of sp³-hybridized carbons (Fsp3) is 0.211. The molecule has 26 heavy (non-hydrogen) atoms. The fourth-order valence-electron chi connectivity index (χ4n) is 2.79. The Bertz CT molecular complexity index is 826. The number of thiophene rings is 1. The number of ether oxygens (including phenoxy) is 2. The van der Waals surface area contributed by atoms with E-state index in [0.717, 1.165) is 5.76 Å². The second kappa shape index (κ2) is 7.63. The summed E-state index contributed by atoms with van der Waals surface area (Å²) in [5.74, 6) is 2.08. The maximum absolute atomic E-state index is 12.5. The Kier molecular flexibility index (Phi) is 4.90. The minimum Gasteiger partial charge on any atom is -0.468 e. The van der Waals surface area contributed by atoms with Crippen LogP contribution < -0.4 is 14.8 Å². The molecule has 4 rings (SSSR count). The van der Waals surface area contributed by atoms with Crippen LogP contribution in [-0.4, -0.2) is 24.1 Å². The SMILES string of the molecule is O=C(CN(Cc1ccco1)Cc1cccs1)Nc1ccc2c(c1)OCO2. The van der Waals surface area contributed by atoms with E-state index >= 15 is 0 Å². The van der Waals surface area contributed by atoms with E-state index < -0.39 is 0 Å². The number of rotatable bonds is 7. The van der Waals surface area contributed by atoms with E-state index in [1.807, 2.05) is 34.5 Å². The van der Waals surface area contributed by atoms with Crippen molar-refractivity contribution in [1.29, 1.82) is 0 Å². The molecule has 0 fully saturated rings. The van der Waals surface area contributed by atoms with E-state index in [9.17, 15) is 4.79 Å². The van der Waals surface area contributed by atoms with Gasteiger partial charge in [-0.1, -0.05) is 6.07 Å². The Morgan fingerprint density at radius 2 is 2.04 bits per heavy atom. The van der Waals surface area contributed by atoms with Gasteiger partial charge in [0.1, 0.15) is 5.76 Å². The molecule has 1 N–H and O–H groups in total. The lowest BCUT2D eigenvalue weighted by Crippen LogP contribution is -2.32. The van der Waals surface area contributed by atoms with E-state index in [-0.39, 0.29) is 19.2 Å². The van der Waals surface area contributed by atoms with Gasteiger partial charge < -0.3 is 19.2 Å². The van der Waals surface area contributed by atoms with E-state index in [1.165, 1.54) is 4.88 Å². The van der Waals surface area contributed by atoms with Crippen molar-refractivity contribution in [1.82, 2.24) is 4.90 Å². The van der Waals surface area contributed by atoms with Crippen molar-refractivity contribution >= 4 is 22.9 Å². The molecule has 0 atom stereocenters. The maximum Gasteiger partial charge on any atom is 0.238 e. The largest absolute Gasteiger partial charge is 0.468 e. The molecule has 0 spiro atoms. The fourth-order valence-corrected chi connectivity index (χ4v) is 3.54. The second-order valence-corrected chi connectivity index (χ2v) is 6.95. The second-order valence-electron chi connectivity index (χ2n) is 5.92. The number of hydrogen-bond donors (Lipinski definition) is 1. The maximum atomic E-state index is 12.5. The zero-order valence-corrected chi connectivity index (χ0v) is 14.8. The summed E-state index contributed by atoms with van der Waals surface area (Å²) in [5.41, 5.74) is 0.688. The van der Waals surface area contributed by atoms with Gasteiger partial charge in [-0.15, -0.1) is 11.3 Å². The number of hydrogen-bond acceptors (Lipinski definition) is 6. The molecular weight excluding hydrogens is 352 g/mol. The van der Waals surface area contributed by atoms with Crippen LogP contribution in [0.15, 0.2) is 58.5 Å². The van der Waals surface area contributed by atoms with Gasteiger partial charge in [-0.2, -0.15) is 0 Å². The van der Waals surface area contributed by atoms with Gasteiger partial charge in [0.15, 0.2) is 11.5 Å². The zero-order valence-electron chi connectivity index (χ0n) is 14.0. The average Bonchev–Trinajstić information content (AvgIpc) is 3.36. The van der Waals surface area contributed by atoms with Crippen molar-refractivity contribution in [3.05, 3.63) is 64.7 Å². The molecule has 0 bridgehead atoms. The summed E-state index contributed by atoms with van der Waals surface area (Å²) in [4.78, 5) is 15.8. The highest BCUT2D eigenvalue weighted by molar-refractivity contribution is 7.09. The van der Waals surface area contributed by atoms with Crippen molar-refractivity contribution in [3.8, 4) is 11.5 Å². The molecule has 1 aromatic carbocycles. The molecule has 0 saturated carbocycles. The first-order chi connectivity index (χ1) is 12.8. The molecule has 0 aliphatic carbocycles. The van der Waals surface area contributed by atoms with Gasteiger partial charge in [-0.25, -0.2) is 0 Å². The Labute approximate surface area is 154 Å². The predicted molar refractivity (Wildman–Crippen MR) is 98.3 cm³/mol. The smallest absolute Gasteiger partial charge is 0.238 e. The highest BCUT2D eigenvalue weighted by atomic mass is 32.1. The molecule has 2 aromatic heterocycles. The number of nitrogens with zero attached hydrogens (tertiary/aromatic N) is 1. The standard InChI is InChI=1S/C19H18N2O4S/c22-19(20-14-5-6-17-18(9-14)25-13-24-17)12-21(10-15-3-1-7-23-15)11-16-4-2-8-26-16/h1-9H,10-13H2,(H,20,22). The van der Waals surface area contributed by atoms with E-state index in [1.54, 1.807) is 29.7 Å². The van der Waals surface area contributed by atoms with Gasteiger partial charge in [0, 0.05) is 23.2 Å². The van der Waals surface area contributed by atoms with Gasteiger partial charge >= 0.3 is 0 Å². The third-order valence-corrected chi connectivity index (χ3v) is 4.80. The Morgan fingerprint density at radius 3 is 2.85 bits per heavy atom. The third kappa shape index (κ3) is 4.07. The number of furan rings is 1. The van der Waals surface area contributed by atoms with Crippen molar-refractivity contribution in [2.24, 2.45) is 0 Å². The Balaban J connectivity index is 1.41. The van der Waals surface area contributed by atoms with Gasteiger partial charge in [0.25, 0.3) is 0 Å². The lowest BCUT2D eigenvalue weighted by Gasteiger charge is -2.20. The van der Waals surface area contributed by atoms with Crippen LogP contribution in [0.2, 0.25) is 0 Å². The summed E-state index contributed by atoms with van der Waals surface area (Å²) in [6, 6.07) is 13.2. The van der Waals surface area contributed by atoms with Crippen molar-refractivity contribution < 1.29 is 18.7 Å². The third-order valence-electron chi connectivity index (χ3n) is 3.94. The lowest BCUT2D eigenvalue weighted by atomic mass is 10.2. The van der Waals surface area contributed by atoms with Gasteiger partial charge in [0.05, 0.1) is 19.4 Å². The molecular formula is C19H18N2O4S. The molecule has 0 unspecified atom stereocenters. The van der Waals surface area contributed by atoms with Gasteiger partial charge in [0.2, 0.25) is 12.7 Å². The normalized spacial score (nSPS) is 12.5. The number of nitrogens with one attached hydrogen (secondary N) is 1. The molecule has 3 aromatic rings. The van der Waals surface area contributed by atoms with Crippen LogP contribution in [0.3, 0.4) is 0 Å². The van der Waals surface area contributed by atoms with Crippen molar-refractivity contribution in [3.63, 3.8) is 0 Å². The summed E-state index contributed by atoms with van der Waals surface area (Å²) >= 11 is 1.67. The monoisotopic (exact) mass is 370 g/mol. The summed E-state index contributed by atoms with van der Waals surface area (Å²) < 4.78 is 16.1. The molecule has 0 radical (unpaired) electrons. The predicted octanol–water partition coefficient (Wildman–Crippen LogP) is 3.71. The van der Waals surface area contributed by atoms with Crippen LogP contribution in [-0.2, 0) is 17.9 Å². The highest BCUT2D eigenvalue weighted by Crippen LogP contribution is 2.34. The van der Waals surface area contributed by atoms with E-state index in [2.05, 4.69) is 11.4 Å². The highest BCUT2D eigenvalue weighted by Gasteiger charge is 2.17. The van der Waals surface area contributed by atoms with Crippen molar-refractivity contribution in [2.45, 2.75) is 13.1 Å². The molecule has 134 valence electrons. The van der Waals surface area contributed by atoms with E-state index in [4.69, 9.17) is 13.9 Å². The molecule has 1 amide bonds. The van der Waals surface area contributed by atoms with Crippen LogP contribution in [0.4, 0.5) is 5.69 Å². The van der Waals surface area contributed by atoms with Crippen LogP contribution in [0.25, 0.3) is 0 Å². The summed E-state index contributed by atoms with van der Waals surface area (Å²) in [7, 11) is 0. The molecule has 1 aliphatic rings. The number of benzene rings is 1. The minimum absolute atomic E-state index is 0.0908. The minimum atomic E-state index is -0.0908. The summed E-state index contributed by atoms with van der Waals surface area (Å²) in [6.45, 7) is 1.73. The first-order valence-corrected chi connectivity index (χ1v) is 9.11. The van der Waals surface area contributed by atoms with Crippen LogP contribution >= 0.6 is 11.3 Å².